The lowest BCUT2D eigenvalue weighted by Gasteiger charge is -2.26. The molecule has 0 aromatic heterocycles. The van der Waals surface area contributed by atoms with E-state index in [-0.39, 0.29) is 12.4 Å². The van der Waals surface area contributed by atoms with Gasteiger partial charge in [0.2, 0.25) is 0 Å². The first-order valence-electron chi connectivity index (χ1n) is 5.00. The van der Waals surface area contributed by atoms with Crippen LogP contribution >= 0.6 is 35.6 Å². The van der Waals surface area contributed by atoms with Gasteiger partial charge in [0.25, 0.3) is 0 Å². The van der Waals surface area contributed by atoms with Crippen LogP contribution in [-0.4, -0.2) is 31.2 Å². The molecule has 0 spiro atoms. The predicted octanol–water partition coefficient (Wildman–Crippen LogP) is 3.25. The first kappa shape index (κ1) is 14.1. The zero-order valence-electron chi connectivity index (χ0n) is 8.79. The minimum Gasteiger partial charge on any atom is -0.379 e. The molecule has 0 bridgehead atoms. The van der Waals surface area contributed by atoms with Crippen molar-refractivity contribution in [1.82, 2.24) is 4.90 Å². The number of halogens is 3. The van der Waals surface area contributed by atoms with Gasteiger partial charge in [-0.05, 0) is 17.7 Å². The quantitative estimate of drug-likeness (QED) is 0.826. The molecule has 0 aliphatic carbocycles. The number of benzene rings is 1. The van der Waals surface area contributed by atoms with E-state index < -0.39 is 0 Å². The standard InChI is InChI=1S/C11H13Cl2NO.ClH/c12-10-2-1-9(11(13)7-10)8-14-3-5-15-6-4-14;/h1-2,7H,3-6,8H2;1H. The number of morpholine rings is 1. The van der Waals surface area contributed by atoms with Gasteiger partial charge in [0.05, 0.1) is 13.2 Å². The van der Waals surface area contributed by atoms with Crippen LogP contribution in [0.2, 0.25) is 10.0 Å². The minimum atomic E-state index is 0. The molecule has 2 nitrogen and oxygen atoms in total. The number of ether oxygens (including phenoxy) is 1. The Morgan fingerprint density at radius 1 is 1.19 bits per heavy atom. The molecule has 5 heteroatoms. The fourth-order valence-electron chi connectivity index (χ4n) is 1.65. The Kier molecular flexibility index (Phi) is 5.87. The van der Waals surface area contributed by atoms with Crippen LogP contribution in [-0.2, 0) is 11.3 Å². The van der Waals surface area contributed by atoms with Crippen molar-refractivity contribution in [3.63, 3.8) is 0 Å². The van der Waals surface area contributed by atoms with Crippen molar-refractivity contribution in [2.45, 2.75) is 6.54 Å². The van der Waals surface area contributed by atoms with Crippen molar-refractivity contribution in [2.75, 3.05) is 26.3 Å². The van der Waals surface area contributed by atoms with E-state index in [1.54, 1.807) is 6.07 Å². The van der Waals surface area contributed by atoms with Gasteiger partial charge in [-0.15, -0.1) is 12.4 Å². The van der Waals surface area contributed by atoms with Crippen LogP contribution in [0.15, 0.2) is 18.2 Å². The molecule has 1 aliphatic heterocycles. The molecule has 0 saturated carbocycles. The molecule has 0 radical (unpaired) electrons. The molecule has 1 aromatic carbocycles. The lowest BCUT2D eigenvalue weighted by Crippen LogP contribution is -2.35. The molecule has 16 heavy (non-hydrogen) atoms. The van der Waals surface area contributed by atoms with Crippen molar-refractivity contribution in [3.8, 4) is 0 Å². The number of hydrogen-bond acceptors (Lipinski definition) is 2. The van der Waals surface area contributed by atoms with Gasteiger partial charge < -0.3 is 4.74 Å². The third kappa shape index (κ3) is 3.79. The van der Waals surface area contributed by atoms with Gasteiger partial charge >= 0.3 is 0 Å². The third-order valence-electron chi connectivity index (χ3n) is 2.51. The minimum absolute atomic E-state index is 0. The van der Waals surface area contributed by atoms with E-state index in [9.17, 15) is 0 Å². The summed E-state index contributed by atoms with van der Waals surface area (Å²) in [6, 6.07) is 5.65. The van der Waals surface area contributed by atoms with E-state index in [1.807, 2.05) is 12.1 Å². The van der Waals surface area contributed by atoms with E-state index in [0.717, 1.165) is 43.4 Å². The summed E-state index contributed by atoms with van der Waals surface area (Å²) < 4.78 is 5.29. The summed E-state index contributed by atoms with van der Waals surface area (Å²) in [4.78, 5) is 2.33. The molecule has 1 aromatic rings. The summed E-state index contributed by atoms with van der Waals surface area (Å²) in [6.45, 7) is 4.44. The molecule has 0 amide bonds. The summed E-state index contributed by atoms with van der Waals surface area (Å²) in [5.74, 6) is 0. The maximum absolute atomic E-state index is 6.11. The van der Waals surface area contributed by atoms with Crippen LogP contribution in [0.1, 0.15) is 5.56 Å². The Bertz CT molecular complexity index is 340. The van der Waals surface area contributed by atoms with Crippen molar-refractivity contribution in [1.29, 1.82) is 0 Å². The Morgan fingerprint density at radius 2 is 1.88 bits per heavy atom. The van der Waals surface area contributed by atoms with Crippen molar-refractivity contribution < 1.29 is 4.74 Å². The van der Waals surface area contributed by atoms with Crippen molar-refractivity contribution in [3.05, 3.63) is 33.8 Å². The predicted molar refractivity (Wildman–Crippen MR) is 69.8 cm³/mol. The highest BCUT2D eigenvalue weighted by Crippen LogP contribution is 2.22. The first-order valence-corrected chi connectivity index (χ1v) is 5.75. The van der Waals surface area contributed by atoms with Crippen LogP contribution in [0.4, 0.5) is 0 Å². The van der Waals surface area contributed by atoms with Gasteiger partial charge in [0.15, 0.2) is 0 Å². The lowest BCUT2D eigenvalue weighted by atomic mass is 10.2. The molecular formula is C11H14Cl3NO. The highest BCUT2D eigenvalue weighted by Gasteiger charge is 2.12. The van der Waals surface area contributed by atoms with E-state index in [1.165, 1.54) is 0 Å². The molecular weight excluding hydrogens is 268 g/mol. The largest absolute Gasteiger partial charge is 0.379 e. The molecule has 1 fully saturated rings. The average molecular weight is 283 g/mol. The zero-order chi connectivity index (χ0) is 10.7. The average Bonchev–Trinajstić information content (AvgIpc) is 2.24. The highest BCUT2D eigenvalue weighted by atomic mass is 35.5. The van der Waals surface area contributed by atoms with Crippen molar-refractivity contribution in [2.24, 2.45) is 0 Å². The van der Waals surface area contributed by atoms with Crippen LogP contribution in [0.25, 0.3) is 0 Å². The molecule has 2 rings (SSSR count). The van der Waals surface area contributed by atoms with Crippen LogP contribution in [0.3, 0.4) is 0 Å². The highest BCUT2D eigenvalue weighted by molar-refractivity contribution is 6.35. The van der Waals surface area contributed by atoms with Gasteiger partial charge in [-0.1, -0.05) is 29.3 Å². The summed E-state index contributed by atoms with van der Waals surface area (Å²) in [7, 11) is 0. The Hall–Kier alpha value is 0.01000. The lowest BCUT2D eigenvalue weighted by molar-refractivity contribution is 0.0342. The number of hydrogen-bond donors (Lipinski definition) is 0. The normalized spacial score (nSPS) is 16.9. The smallest absolute Gasteiger partial charge is 0.0594 e. The monoisotopic (exact) mass is 281 g/mol. The maximum Gasteiger partial charge on any atom is 0.0594 e. The second kappa shape index (κ2) is 6.67. The van der Waals surface area contributed by atoms with Gasteiger partial charge in [0.1, 0.15) is 0 Å². The molecule has 0 atom stereocenters. The summed E-state index contributed by atoms with van der Waals surface area (Å²) in [5, 5.41) is 1.43. The van der Waals surface area contributed by atoms with E-state index in [4.69, 9.17) is 27.9 Å². The fourth-order valence-corrected chi connectivity index (χ4v) is 2.12. The summed E-state index contributed by atoms with van der Waals surface area (Å²) >= 11 is 11.9. The second-order valence-electron chi connectivity index (χ2n) is 3.62. The fraction of sp³-hybridized carbons (Fsp3) is 0.455. The number of nitrogens with zero attached hydrogens (tertiary/aromatic N) is 1. The van der Waals surface area contributed by atoms with Crippen LogP contribution < -0.4 is 0 Å². The van der Waals surface area contributed by atoms with Crippen LogP contribution in [0.5, 0.6) is 0 Å². The van der Waals surface area contributed by atoms with Gasteiger partial charge in [0, 0.05) is 29.7 Å². The SMILES string of the molecule is Cl.Clc1ccc(CN2CCOCC2)c(Cl)c1. The summed E-state index contributed by atoms with van der Waals surface area (Å²) in [6.07, 6.45) is 0. The number of rotatable bonds is 2. The van der Waals surface area contributed by atoms with Gasteiger partial charge in [-0.2, -0.15) is 0 Å². The molecule has 0 N–H and O–H groups in total. The second-order valence-corrected chi connectivity index (χ2v) is 4.47. The Labute approximate surface area is 112 Å². The topological polar surface area (TPSA) is 12.5 Å². The van der Waals surface area contributed by atoms with Crippen LogP contribution in [0, 0.1) is 0 Å². The zero-order valence-corrected chi connectivity index (χ0v) is 11.1. The first-order chi connectivity index (χ1) is 7.25. The third-order valence-corrected chi connectivity index (χ3v) is 3.10. The molecule has 1 aliphatic rings. The van der Waals surface area contributed by atoms with Gasteiger partial charge in [-0.3, -0.25) is 4.90 Å². The molecule has 90 valence electrons. The molecule has 1 saturated heterocycles. The van der Waals surface area contributed by atoms with E-state index >= 15 is 0 Å². The Morgan fingerprint density at radius 3 is 2.50 bits per heavy atom. The van der Waals surface area contributed by atoms with E-state index in [2.05, 4.69) is 4.90 Å². The molecule has 1 heterocycles. The molecule has 0 unspecified atom stereocenters. The van der Waals surface area contributed by atoms with E-state index in [0.29, 0.717) is 5.02 Å². The van der Waals surface area contributed by atoms with Gasteiger partial charge in [-0.25, -0.2) is 0 Å². The van der Waals surface area contributed by atoms with Crippen molar-refractivity contribution >= 4 is 35.6 Å². The Balaban J connectivity index is 0.00000128. The maximum atomic E-state index is 6.11. The summed E-state index contributed by atoms with van der Waals surface area (Å²) in [5.41, 5.74) is 1.13.